The second kappa shape index (κ2) is 8.49. The van der Waals surface area contributed by atoms with E-state index in [0.29, 0.717) is 36.7 Å². The summed E-state index contributed by atoms with van der Waals surface area (Å²) in [6, 6.07) is 0. The first-order valence-corrected chi connectivity index (χ1v) is 6.51. The Labute approximate surface area is 99.8 Å². The fourth-order valence-electron chi connectivity index (χ4n) is 1.69. The Hall–Kier alpha value is -0.660. The van der Waals surface area contributed by atoms with Gasteiger partial charge in [0.2, 0.25) is 0 Å². The van der Waals surface area contributed by atoms with Crippen molar-refractivity contribution in [1.82, 2.24) is 0 Å². The molecule has 16 heavy (non-hydrogen) atoms. The Bertz CT molecular complexity index is 219. The molecule has 0 saturated carbocycles. The van der Waals surface area contributed by atoms with E-state index < -0.39 is 0 Å². The molecule has 0 N–H and O–H groups in total. The van der Waals surface area contributed by atoms with Crippen LogP contribution in [-0.2, 0) is 9.59 Å². The number of ketones is 2. The molecular formula is C14H26O2. The van der Waals surface area contributed by atoms with E-state index in [1.165, 1.54) is 0 Å². The monoisotopic (exact) mass is 226 g/mol. The summed E-state index contributed by atoms with van der Waals surface area (Å²) in [6.07, 6.45) is 4.68. The molecule has 0 spiro atoms. The maximum Gasteiger partial charge on any atom is 0.135 e. The molecule has 0 fully saturated rings. The van der Waals surface area contributed by atoms with Crippen LogP contribution in [0.25, 0.3) is 0 Å². The molecule has 0 aliphatic heterocycles. The summed E-state index contributed by atoms with van der Waals surface area (Å²) >= 11 is 0. The third kappa shape index (κ3) is 7.61. The molecule has 1 unspecified atom stereocenters. The topological polar surface area (TPSA) is 34.1 Å². The average molecular weight is 226 g/mol. The number of hydrogen-bond donors (Lipinski definition) is 0. The van der Waals surface area contributed by atoms with Crippen molar-refractivity contribution in [2.24, 2.45) is 11.8 Å². The van der Waals surface area contributed by atoms with Gasteiger partial charge in [-0.25, -0.2) is 0 Å². The van der Waals surface area contributed by atoms with Gasteiger partial charge in [0.15, 0.2) is 0 Å². The standard InChI is InChI=1S/C14H26O2/c1-5-14(16)12(4)7-6-8-13(15)10-9-11(2)3/h11-12H,5-10H2,1-4H3. The molecule has 0 radical (unpaired) electrons. The molecule has 2 nitrogen and oxygen atoms in total. The van der Waals surface area contributed by atoms with Gasteiger partial charge in [-0.15, -0.1) is 0 Å². The van der Waals surface area contributed by atoms with E-state index in [4.69, 9.17) is 0 Å². The molecule has 0 aliphatic rings. The van der Waals surface area contributed by atoms with Gasteiger partial charge in [0.05, 0.1) is 0 Å². The number of Topliss-reactive ketones (excluding diaryl/α,β-unsaturated/α-hetero) is 2. The summed E-state index contributed by atoms with van der Waals surface area (Å²) in [7, 11) is 0. The molecule has 94 valence electrons. The van der Waals surface area contributed by atoms with Gasteiger partial charge in [0.1, 0.15) is 11.6 Å². The molecule has 0 aromatic rings. The number of rotatable bonds is 9. The average Bonchev–Trinajstić information content (AvgIpc) is 2.24. The predicted octanol–water partition coefficient (Wildman–Crippen LogP) is 3.78. The van der Waals surface area contributed by atoms with E-state index in [9.17, 15) is 9.59 Å². The normalized spacial score (nSPS) is 12.8. The van der Waals surface area contributed by atoms with Crippen LogP contribution in [0.2, 0.25) is 0 Å². The third-order valence-electron chi connectivity index (χ3n) is 2.99. The molecule has 0 aromatic heterocycles. The lowest BCUT2D eigenvalue weighted by atomic mass is 9.96. The van der Waals surface area contributed by atoms with Crippen molar-refractivity contribution in [2.75, 3.05) is 0 Å². The first-order valence-electron chi connectivity index (χ1n) is 6.51. The Morgan fingerprint density at radius 2 is 1.62 bits per heavy atom. The summed E-state index contributed by atoms with van der Waals surface area (Å²) in [4.78, 5) is 22.8. The van der Waals surface area contributed by atoms with Crippen LogP contribution in [0.15, 0.2) is 0 Å². The van der Waals surface area contributed by atoms with E-state index >= 15 is 0 Å². The van der Waals surface area contributed by atoms with Crippen LogP contribution in [0.1, 0.15) is 66.2 Å². The molecule has 0 saturated heterocycles. The van der Waals surface area contributed by atoms with Crippen LogP contribution in [0.5, 0.6) is 0 Å². The summed E-state index contributed by atoms with van der Waals surface area (Å²) in [5, 5.41) is 0. The summed E-state index contributed by atoms with van der Waals surface area (Å²) in [5.74, 6) is 1.40. The quantitative estimate of drug-likeness (QED) is 0.599. The predicted molar refractivity (Wildman–Crippen MR) is 67.4 cm³/mol. The van der Waals surface area contributed by atoms with Crippen molar-refractivity contribution in [2.45, 2.75) is 66.2 Å². The molecule has 0 heterocycles. The van der Waals surface area contributed by atoms with Gasteiger partial charge in [0, 0.05) is 25.2 Å². The zero-order chi connectivity index (χ0) is 12.6. The lowest BCUT2D eigenvalue weighted by Crippen LogP contribution is -2.10. The molecule has 2 heteroatoms. The van der Waals surface area contributed by atoms with Crippen LogP contribution in [0, 0.1) is 11.8 Å². The molecule has 0 rings (SSSR count). The minimum atomic E-state index is 0.128. The highest BCUT2D eigenvalue weighted by Crippen LogP contribution is 2.13. The molecular weight excluding hydrogens is 200 g/mol. The van der Waals surface area contributed by atoms with Crippen LogP contribution in [0.4, 0.5) is 0 Å². The van der Waals surface area contributed by atoms with Gasteiger partial charge < -0.3 is 0 Å². The van der Waals surface area contributed by atoms with Gasteiger partial charge in [-0.05, 0) is 25.2 Å². The zero-order valence-corrected chi connectivity index (χ0v) is 11.2. The largest absolute Gasteiger partial charge is 0.300 e. The number of hydrogen-bond acceptors (Lipinski definition) is 2. The van der Waals surface area contributed by atoms with Crippen molar-refractivity contribution in [3.63, 3.8) is 0 Å². The highest BCUT2D eigenvalue weighted by Gasteiger charge is 2.11. The molecule has 1 atom stereocenters. The van der Waals surface area contributed by atoms with E-state index in [0.717, 1.165) is 19.3 Å². The van der Waals surface area contributed by atoms with Crippen molar-refractivity contribution >= 4 is 11.6 Å². The molecule has 0 aliphatic carbocycles. The minimum Gasteiger partial charge on any atom is -0.300 e. The van der Waals surface area contributed by atoms with Crippen molar-refractivity contribution in [3.05, 3.63) is 0 Å². The van der Waals surface area contributed by atoms with Gasteiger partial charge in [-0.2, -0.15) is 0 Å². The van der Waals surface area contributed by atoms with Crippen LogP contribution < -0.4 is 0 Å². The fraction of sp³-hybridized carbons (Fsp3) is 0.857. The highest BCUT2D eigenvalue weighted by atomic mass is 16.1. The van der Waals surface area contributed by atoms with E-state index in [-0.39, 0.29) is 5.92 Å². The molecule has 0 amide bonds. The first-order chi connectivity index (χ1) is 7.47. The second-order valence-electron chi connectivity index (χ2n) is 5.08. The van der Waals surface area contributed by atoms with Gasteiger partial charge in [-0.3, -0.25) is 9.59 Å². The number of carbonyl (C=O) groups excluding carboxylic acids is 2. The minimum absolute atomic E-state index is 0.128. The van der Waals surface area contributed by atoms with Crippen molar-refractivity contribution in [1.29, 1.82) is 0 Å². The van der Waals surface area contributed by atoms with Gasteiger partial charge >= 0.3 is 0 Å². The summed E-state index contributed by atoms with van der Waals surface area (Å²) in [5.41, 5.74) is 0. The Kier molecular flexibility index (Phi) is 8.14. The van der Waals surface area contributed by atoms with Crippen molar-refractivity contribution in [3.8, 4) is 0 Å². The van der Waals surface area contributed by atoms with Gasteiger partial charge in [0.25, 0.3) is 0 Å². The summed E-state index contributed by atoms with van der Waals surface area (Å²) in [6.45, 7) is 8.13. The van der Waals surface area contributed by atoms with Crippen LogP contribution in [0.3, 0.4) is 0 Å². The highest BCUT2D eigenvalue weighted by molar-refractivity contribution is 5.80. The van der Waals surface area contributed by atoms with E-state index in [1.54, 1.807) is 0 Å². The third-order valence-corrected chi connectivity index (χ3v) is 2.99. The van der Waals surface area contributed by atoms with Crippen molar-refractivity contribution < 1.29 is 9.59 Å². The second-order valence-corrected chi connectivity index (χ2v) is 5.08. The number of carbonyl (C=O) groups is 2. The Morgan fingerprint density at radius 1 is 1.00 bits per heavy atom. The SMILES string of the molecule is CCC(=O)C(C)CCCC(=O)CCC(C)C. The van der Waals surface area contributed by atoms with Crippen LogP contribution in [-0.4, -0.2) is 11.6 Å². The maximum absolute atomic E-state index is 11.5. The Morgan fingerprint density at radius 3 is 2.12 bits per heavy atom. The summed E-state index contributed by atoms with van der Waals surface area (Å²) < 4.78 is 0. The molecule has 0 bridgehead atoms. The van der Waals surface area contributed by atoms with Gasteiger partial charge in [-0.1, -0.05) is 27.7 Å². The smallest absolute Gasteiger partial charge is 0.135 e. The first kappa shape index (κ1) is 15.3. The zero-order valence-electron chi connectivity index (χ0n) is 11.2. The Balaban J connectivity index is 3.58. The fourth-order valence-corrected chi connectivity index (χ4v) is 1.69. The lowest BCUT2D eigenvalue weighted by molar-refractivity contribution is -0.123. The van der Waals surface area contributed by atoms with E-state index in [2.05, 4.69) is 13.8 Å². The lowest BCUT2D eigenvalue weighted by Gasteiger charge is -2.08. The van der Waals surface area contributed by atoms with E-state index in [1.807, 2.05) is 13.8 Å². The van der Waals surface area contributed by atoms with Crippen LogP contribution >= 0.6 is 0 Å². The molecule has 0 aromatic carbocycles. The maximum atomic E-state index is 11.5.